The van der Waals surface area contributed by atoms with Crippen LogP contribution in [-0.4, -0.2) is 6.61 Å². The summed E-state index contributed by atoms with van der Waals surface area (Å²) in [6, 6.07) is 12.9. The Labute approximate surface area is 128 Å². The Bertz CT molecular complexity index is 596. The van der Waals surface area contributed by atoms with E-state index in [1.807, 2.05) is 19.1 Å². The Morgan fingerprint density at radius 1 is 1.05 bits per heavy atom. The topological polar surface area (TPSA) is 21.3 Å². The molecule has 0 amide bonds. The summed E-state index contributed by atoms with van der Waals surface area (Å²) in [6.45, 7) is 11.4. The van der Waals surface area contributed by atoms with Crippen molar-refractivity contribution < 1.29 is 4.74 Å². The SMILES string of the molecule is CCOc1cccc(NC(C)c2c(C)cc(C)cc2C)c1. The summed E-state index contributed by atoms with van der Waals surface area (Å²) in [5.41, 5.74) is 6.47. The molecule has 0 aliphatic heterocycles. The highest BCUT2D eigenvalue weighted by Gasteiger charge is 2.12. The molecule has 2 aromatic carbocycles. The second-order valence-corrected chi connectivity index (χ2v) is 5.64. The van der Waals surface area contributed by atoms with Crippen LogP contribution in [0.2, 0.25) is 0 Å². The lowest BCUT2D eigenvalue weighted by Gasteiger charge is -2.21. The van der Waals surface area contributed by atoms with E-state index in [-0.39, 0.29) is 6.04 Å². The van der Waals surface area contributed by atoms with Crippen LogP contribution in [0.25, 0.3) is 0 Å². The Kier molecular flexibility index (Phi) is 4.89. The molecule has 2 rings (SSSR count). The first-order valence-electron chi connectivity index (χ1n) is 7.58. The Morgan fingerprint density at radius 3 is 2.33 bits per heavy atom. The van der Waals surface area contributed by atoms with E-state index in [4.69, 9.17) is 4.74 Å². The van der Waals surface area contributed by atoms with E-state index >= 15 is 0 Å². The molecule has 21 heavy (non-hydrogen) atoms. The lowest BCUT2D eigenvalue weighted by Crippen LogP contribution is -2.10. The molecule has 1 unspecified atom stereocenters. The van der Waals surface area contributed by atoms with E-state index in [2.05, 4.69) is 57.3 Å². The van der Waals surface area contributed by atoms with Gasteiger partial charge in [0.2, 0.25) is 0 Å². The van der Waals surface area contributed by atoms with E-state index in [0.29, 0.717) is 6.61 Å². The fourth-order valence-corrected chi connectivity index (χ4v) is 3.04. The lowest BCUT2D eigenvalue weighted by atomic mass is 9.95. The predicted molar refractivity (Wildman–Crippen MR) is 90.3 cm³/mol. The summed E-state index contributed by atoms with van der Waals surface area (Å²) in [5.74, 6) is 0.909. The van der Waals surface area contributed by atoms with Crippen molar-refractivity contribution >= 4 is 5.69 Å². The molecule has 112 valence electrons. The van der Waals surface area contributed by atoms with Gasteiger partial charge in [-0.1, -0.05) is 23.8 Å². The predicted octanol–water partition coefficient (Wildman–Crippen LogP) is 5.18. The van der Waals surface area contributed by atoms with E-state index in [0.717, 1.165) is 11.4 Å². The van der Waals surface area contributed by atoms with Crippen molar-refractivity contribution in [3.8, 4) is 5.75 Å². The van der Waals surface area contributed by atoms with Gasteiger partial charge in [0, 0.05) is 17.8 Å². The zero-order valence-electron chi connectivity index (χ0n) is 13.7. The van der Waals surface area contributed by atoms with Crippen molar-refractivity contribution in [3.05, 3.63) is 58.7 Å². The molecule has 1 atom stereocenters. The smallest absolute Gasteiger partial charge is 0.121 e. The molecule has 0 fully saturated rings. The fraction of sp³-hybridized carbons (Fsp3) is 0.368. The maximum atomic E-state index is 5.56. The van der Waals surface area contributed by atoms with Crippen LogP contribution in [0, 0.1) is 20.8 Å². The Hall–Kier alpha value is -1.96. The lowest BCUT2D eigenvalue weighted by molar-refractivity contribution is 0.340. The van der Waals surface area contributed by atoms with Gasteiger partial charge in [-0.3, -0.25) is 0 Å². The minimum atomic E-state index is 0.266. The number of anilines is 1. The first-order valence-corrected chi connectivity index (χ1v) is 7.58. The van der Waals surface area contributed by atoms with E-state index < -0.39 is 0 Å². The summed E-state index contributed by atoms with van der Waals surface area (Å²) < 4.78 is 5.56. The summed E-state index contributed by atoms with van der Waals surface area (Å²) in [7, 11) is 0. The molecule has 2 aromatic rings. The van der Waals surface area contributed by atoms with E-state index in [1.54, 1.807) is 0 Å². The third-order valence-corrected chi connectivity index (χ3v) is 3.70. The Morgan fingerprint density at radius 2 is 1.71 bits per heavy atom. The van der Waals surface area contributed by atoms with Crippen molar-refractivity contribution in [1.29, 1.82) is 0 Å². The average Bonchev–Trinajstić information content (AvgIpc) is 2.38. The van der Waals surface area contributed by atoms with E-state index in [1.165, 1.54) is 22.3 Å². The van der Waals surface area contributed by atoms with Gasteiger partial charge < -0.3 is 10.1 Å². The molecule has 0 aliphatic carbocycles. The quantitative estimate of drug-likeness (QED) is 0.816. The highest BCUT2D eigenvalue weighted by Crippen LogP contribution is 2.27. The summed E-state index contributed by atoms with van der Waals surface area (Å²) in [5, 5.41) is 3.58. The zero-order valence-corrected chi connectivity index (χ0v) is 13.7. The molecule has 0 spiro atoms. The third kappa shape index (κ3) is 3.78. The zero-order chi connectivity index (χ0) is 15.4. The van der Waals surface area contributed by atoms with Gasteiger partial charge >= 0.3 is 0 Å². The van der Waals surface area contributed by atoms with Gasteiger partial charge in [0.05, 0.1) is 6.61 Å². The van der Waals surface area contributed by atoms with Crippen LogP contribution >= 0.6 is 0 Å². The minimum Gasteiger partial charge on any atom is -0.494 e. The first kappa shape index (κ1) is 15.4. The van der Waals surface area contributed by atoms with Gasteiger partial charge in [0.1, 0.15) is 5.75 Å². The van der Waals surface area contributed by atoms with Crippen LogP contribution in [0.5, 0.6) is 5.75 Å². The minimum absolute atomic E-state index is 0.266. The fourth-order valence-electron chi connectivity index (χ4n) is 3.04. The van der Waals surface area contributed by atoms with Crippen molar-refractivity contribution in [3.63, 3.8) is 0 Å². The van der Waals surface area contributed by atoms with Crippen molar-refractivity contribution in [2.45, 2.75) is 40.7 Å². The molecule has 1 N–H and O–H groups in total. The molecule has 0 heterocycles. The van der Waals surface area contributed by atoms with Gasteiger partial charge in [-0.15, -0.1) is 0 Å². The highest BCUT2D eigenvalue weighted by molar-refractivity contribution is 5.51. The Balaban J connectivity index is 2.22. The van der Waals surface area contributed by atoms with E-state index in [9.17, 15) is 0 Å². The largest absolute Gasteiger partial charge is 0.494 e. The highest BCUT2D eigenvalue weighted by atomic mass is 16.5. The molecule has 0 saturated heterocycles. The van der Waals surface area contributed by atoms with Crippen molar-refractivity contribution in [1.82, 2.24) is 0 Å². The van der Waals surface area contributed by atoms with Crippen molar-refractivity contribution in [2.24, 2.45) is 0 Å². The number of hydrogen-bond donors (Lipinski definition) is 1. The van der Waals surface area contributed by atoms with Gasteiger partial charge in [-0.2, -0.15) is 0 Å². The molecule has 0 aliphatic rings. The summed E-state index contributed by atoms with van der Waals surface area (Å²) in [4.78, 5) is 0. The number of ether oxygens (including phenoxy) is 1. The number of hydrogen-bond acceptors (Lipinski definition) is 2. The standard InChI is InChI=1S/C19H25NO/c1-6-21-18-9-7-8-17(12-18)20-16(5)19-14(3)10-13(2)11-15(19)4/h7-12,16,20H,6H2,1-5H3. The second kappa shape index (κ2) is 6.66. The van der Waals surface area contributed by atoms with Crippen LogP contribution in [0.1, 0.15) is 42.1 Å². The molecule has 0 bridgehead atoms. The molecule has 0 aromatic heterocycles. The second-order valence-electron chi connectivity index (χ2n) is 5.64. The van der Waals surface area contributed by atoms with Crippen LogP contribution in [0.15, 0.2) is 36.4 Å². The first-order chi connectivity index (χ1) is 10.0. The molecule has 2 nitrogen and oxygen atoms in total. The van der Waals surface area contributed by atoms with Gasteiger partial charge in [0.15, 0.2) is 0 Å². The number of nitrogens with one attached hydrogen (secondary N) is 1. The maximum absolute atomic E-state index is 5.56. The number of benzene rings is 2. The number of rotatable bonds is 5. The van der Waals surface area contributed by atoms with Gasteiger partial charge in [-0.25, -0.2) is 0 Å². The van der Waals surface area contributed by atoms with Gasteiger partial charge in [0.25, 0.3) is 0 Å². The number of aryl methyl sites for hydroxylation is 3. The average molecular weight is 283 g/mol. The summed E-state index contributed by atoms with van der Waals surface area (Å²) in [6.07, 6.45) is 0. The third-order valence-electron chi connectivity index (χ3n) is 3.70. The molecule has 2 heteroatoms. The monoisotopic (exact) mass is 283 g/mol. The van der Waals surface area contributed by atoms with Crippen LogP contribution < -0.4 is 10.1 Å². The normalized spacial score (nSPS) is 12.0. The molecular weight excluding hydrogens is 258 g/mol. The van der Waals surface area contributed by atoms with Crippen LogP contribution in [0.3, 0.4) is 0 Å². The van der Waals surface area contributed by atoms with Crippen LogP contribution in [0.4, 0.5) is 5.69 Å². The molecule has 0 saturated carbocycles. The van der Waals surface area contributed by atoms with Crippen LogP contribution in [-0.2, 0) is 0 Å². The maximum Gasteiger partial charge on any atom is 0.121 e. The molecular formula is C19H25NO. The molecule has 0 radical (unpaired) electrons. The summed E-state index contributed by atoms with van der Waals surface area (Å²) >= 11 is 0. The van der Waals surface area contributed by atoms with Crippen molar-refractivity contribution in [2.75, 3.05) is 11.9 Å². The van der Waals surface area contributed by atoms with Gasteiger partial charge in [-0.05, 0) is 63.4 Å².